The molecule has 7 heteroatoms. The van der Waals surface area contributed by atoms with E-state index < -0.39 is 0 Å². The van der Waals surface area contributed by atoms with Gasteiger partial charge in [-0.05, 0) is 32.1 Å². The Bertz CT molecular complexity index is 335. The SMILES string of the molecule is CCNC(=NCC1(CCO)CCOC1)NCCOCCC(C)C.I. The number of nitrogens with zero attached hydrogens (tertiary/aromatic N) is 1. The summed E-state index contributed by atoms with van der Waals surface area (Å²) in [5.41, 5.74) is -0.00906. The smallest absolute Gasteiger partial charge is 0.191 e. The van der Waals surface area contributed by atoms with Crippen LogP contribution in [0.4, 0.5) is 0 Å². The van der Waals surface area contributed by atoms with Gasteiger partial charge in [0.15, 0.2) is 5.96 Å². The molecule has 0 aromatic heterocycles. The Morgan fingerprint density at radius 3 is 2.71 bits per heavy atom. The van der Waals surface area contributed by atoms with Gasteiger partial charge in [0, 0.05) is 38.3 Å². The van der Waals surface area contributed by atoms with Crippen LogP contribution in [0.25, 0.3) is 0 Å². The molecule has 0 saturated carbocycles. The van der Waals surface area contributed by atoms with Crippen molar-refractivity contribution in [2.75, 3.05) is 52.7 Å². The molecule has 0 aromatic carbocycles. The number of aliphatic hydroxyl groups is 1. The van der Waals surface area contributed by atoms with Gasteiger partial charge in [-0.2, -0.15) is 0 Å². The van der Waals surface area contributed by atoms with E-state index in [1.165, 1.54) is 0 Å². The average Bonchev–Trinajstić information content (AvgIpc) is 2.97. The molecule has 0 aliphatic carbocycles. The highest BCUT2D eigenvalue weighted by molar-refractivity contribution is 14.0. The minimum Gasteiger partial charge on any atom is -0.396 e. The second kappa shape index (κ2) is 14.1. The third-order valence-corrected chi connectivity index (χ3v) is 4.12. The largest absolute Gasteiger partial charge is 0.396 e. The number of rotatable bonds is 11. The molecule has 1 fully saturated rings. The first-order valence-electron chi connectivity index (χ1n) is 8.90. The molecule has 6 nitrogen and oxygen atoms in total. The van der Waals surface area contributed by atoms with E-state index >= 15 is 0 Å². The molecule has 1 saturated heterocycles. The average molecular weight is 457 g/mol. The number of hydrogen-bond acceptors (Lipinski definition) is 4. The zero-order valence-electron chi connectivity index (χ0n) is 15.5. The summed E-state index contributed by atoms with van der Waals surface area (Å²) in [7, 11) is 0. The van der Waals surface area contributed by atoms with Gasteiger partial charge in [0.05, 0.1) is 19.8 Å². The summed E-state index contributed by atoms with van der Waals surface area (Å²) in [4.78, 5) is 4.68. The number of aliphatic imine (C=N–C) groups is 1. The van der Waals surface area contributed by atoms with Crippen LogP contribution in [0, 0.1) is 11.3 Å². The third kappa shape index (κ3) is 10.0. The summed E-state index contributed by atoms with van der Waals surface area (Å²) in [5.74, 6) is 1.49. The molecule has 144 valence electrons. The molecule has 0 amide bonds. The van der Waals surface area contributed by atoms with Crippen molar-refractivity contribution in [1.82, 2.24) is 10.6 Å². The van der Waals surface area contributed by atoms with Gasteiger partial charge in [-0.25, -0.2) is 0 Å². The minimum absolute atomic E-state index is 0. The summed E-state index contributed by atoms with van der Waals surface area (Å²) in [6.07, 6.45) is 2.81. The first kappa shape index (κ1) is 23.9. The fourth-order valence-electron chi connectivity index (χ4n) is 2.54. The molecule has 0 aromatic rings. The predicted molar refractivity (Wildman–Crippen MR) is 109 cm³/mol. The standard InChI is InChI=1S/C17H35N3O3.HI/c1-4-18-16(19-8-12-22-10-5-15(2)3)20-13-17(6-9-21)7-11-23-14-17;/h15,21H,4-14H2,1-3H3,(H2,18,19,20);1H. The lowest BCUT2D eigenvalue weighted by molar-refractivity contribution is 0.127. The van der Waals surface area contributed by atoms with Crippen molar-refractivity contribution in [1.29, 1.82) is 0 Å². The van der Waals surface area contributed by atoms with Crippen molar-refractivity contribution in [2.24, 2.45) is 16.3 Å². The molecule has 1 heterocycles. The van der Waals surface area contributed by atoms with Gasteiger partial charge >= 0.3 is 0 Å². The van der Waals surface area contributed by atoms with Crippen LogP contribution in [-0.2, 0) is 9.47 Å². The van der Waals surface area contributed by atoms with E-state index in [0.717, 1.165) is 51.5 Å². The fourth-order valence-corrected chi connectivity index (χ4v) is 2.54. The van der Waals surface area contributed by atoms with E-state index in [0.29, 0.717) is 25.7 Å². The molecular weight excluding hydrogens is 421 g/mol. The second-order valence-corrected chi connectivity index (χ2v) is 6.69. The maximum absolute atomic E-state index is 9.27. The lowest BCUT2D eigenvalue weighted by atomic mass is 9.84. The van der Waals surface area contributed by atoms with Crippen LogP contribution in [0.1, 0.15) is 40.0 Å². The number of guanidine groups is 1. The maximum atomic E-state index is 9.27. The van der Waals surface area contributed by atoms with Gasteiger partial charge in [-0.15, -0.1) is 24.0 Å². The minimum atomic E-state index is -0.00906. The van der Waals surface area contributed by atoms with Crippen LogP contribution in [0.3, 0.4) is 0 Å². The summed E-state index contributed by atoms with van der Waals surface area (Å²) in [6, 6.07) is 0. The molecule has 1 aliphatic heterocycles. The Labute approximate surface area is 164 Å². The van der Waals surface area contributed by atoms with Gasteiger partial charge in [-0.3, -0.25) is 4.99 Å². The highest BCUT2D eigenvalue weighted by Gasteiger charge is 2.34. The molecule has 1 rings (SSSR count). The Balaban J connectivity index is 0.00000529. The number of nitrogens with one attached hydrogen (secondary N) is 2. The predicted octanol–water partition coefficient (Wildman–Crippen LogP) is 2.01. The molecule has 0 bridgehead atoms. The molecule has 3 N–H and O–H groups in total. The molecule has 1 unspecified atom stereocenters. The summed E-state index contributed by atoms with van der Waals surface area (Å²) in [5, 5.41) is 15.8. The summed E-state index contributed by atoms with van der Waals surface area (Å²) in [6.45, 7) is 11.8. The molecule has 1 aliphatic rings. The molecule has 1 atom stereocenters. The number of hydrogen-bond donors (Lipinski definition) is 3. The van der Waals surface area contributed by atoms with Gasteiger partial charge in [0.2, 0.25) is 0 Å². The molecule has 0 radical (unpaired) electrons. The normalized spacial score (nSPS) is 21.0. The van der Waals surface area contributed by atoms with E-state index in [1.54, 1.807) is 0 Å². The monoisotopic (exact) mass is 457 g/mol. The quantitative estimate of drug-likeness (QED) is 0.192. The van der Waals surface area contributed by atoms with E-state index in [4.69, 9.17) is 9.47 Å². The van der Waals surface area contributed by atoms with E-state index in [9.17, 15) is 5.11 Å². The van der Waals surface area contributed by atoms with Gasteiger partial charge in [0.1, 0.15) is 0 Å². The lowest BCUT2D eigenvalue weighted by Crippen LogP contribution is -2.40. The first-order valence-corrected chi connectivity index (χ1v) is 8.90. The molecular formula is C17H36IN3O3. The fraction of sp³-hybridized carbons (Fsp3) is 0.941. The summed E-state index contributed by atoms with van der Waals surface area (Å²) < 4.78 is 11.1. The zero-order chi connectivity index (χ0) is 17.0. The molecule has 0 spiro atoms. The maximum Gasteiger partial charge on any atom is 0.191 e. The topological polar surface area (TPSA) is 75.1 Å². The van der Waals surface area contributed by atoms with Crippen molar-refractivity contribution in [3.8, 4) is 0 Å². The van der Waals surface area contributed by atoms with Crippen LogP contribution >= 0.6 is 24.0 Å². The Hall–Kier alpha value is -0.120. The second-order valence-electron chi connectivity index (χ2n) is 6.69. The van der Waals surface area contributed by atoms with E-state index in [-0.39, 0.29) is 36.0 Å². The first-order chi connectivity index (χ1) is 11.1. The van der Waals surface area contributed by atoms with Gasteiger partial charge < -0.3 is 25.2 Å². The Morgan fingerprint density at radius 1 is 1.33 bits per heavy atom. The Kier molecular flexibility index (Phi) is 14.0. The van der Waals surface area contributed by atoms with Crippen molar-refractivity contribution in [3.05, 3.63) is 0 Å². The van der Waals surface area contributed by atoms with Gasteiger partial charge in [-0.1, -0.05) is 13.8 Å². The van der Waals surface area contributed by atoms with Crippen LogP contribution in [0.5, 0.6) is 0 Å². The molecule has 24 heavy (non-hydrogen) atoms. The van der Waals surface area contributed by atoms with E-state index in [1.807, 2.05) is 0 Å². The van der Waals surface area contributed by atoms with Crippen LogP contribution in [0.2, 0.25) is 0 Å². The van der Waals surface area contributed by atoms with E-state index in [2.05, 4.69) is 36.4 Å². The van der Waals surface area contributed by atoms with Gasteiger partial charge in [0.25, 0.3) is 0 Å². The van der Waals surface area contributed by atoms with Crippen LogP contribution < -0.4 is 10.6 Å². The van der Waals surface area contributed by atoms with Crippen molar-refractivity contribution < 1.29 is 14.6 Å². The third-order valence-electron chi connectivity index (χ3n) is 4.12. The highest BCUT2D eigenvalue weighted by Crippen LogP contribution is 2.32. The van der Waals surface area contributed by atoms with Crippen molar-refractivity contribution >= 4 is 29.9 Å². The Morgan fingerprint density at radius 2 is 2.12 bits per heavy atom. The number of ether oxygens (including phenoxy) is 2. The number of aliphatic hydroxyl groups excluding tert-OH is 1. The van der Waals surface area contributed by atoms with Crippen LogP contribution in [0.15, 0.2) is 4.99 Å². The van der Waals surface area contributed by atoms with Crippen molar-refractivity contribution in [3.63, 3.8) is 0 Å². The summed E-state index contributed by atoms with van der Waals surface area (Å²) >= 11 is 0. The van der Waals surface area contributed by atoms with Crippen molar-refractivity contribution in [2.45, 2.75) is 40.0 Å². The zero-order valence-corrected chi connectivity index (χ0v) is 17.8. The lowest BCUT2D eigenvalue weighted by Gasteiger charge is -2.24. The number of halogens is 1. The highest BCUT2D eigenvalue weighted by atomic mass is 127. The van der Waals surface area contributed by atoms with Crippen LogP contribution in [-0.4, -0.2) is 63.7 Å².